The molecule has 7 heteroatoms. The number of ether oxygens (including phenoxy) is 2. The molecule has 0 rings (SSSR count). The normalized spacial score (nSPS) is 8.87. The summed E-state index contributed by atoms with van der Waals surface area (Å²) in [7, 11) is 0. The molecule has 0 unspecified atom stereocenters. The fraction of sp³-hybridized carbons (Fsp3) is 0.750. The van der Waals surface area contributed by atoms with Crippen LogP contribution in [0, 0.1) is 0 Å². The van der Waals surface area contributed by atoms with Crippen LogP contribution in [-0.2, 0) is 54.9 Å². The molecule has 0 aromatic heterocycles. The van der Waals surface area contributed by atoms with Gasteiger partial charge in [0.25, 0.3) is 0 Å². The second kappa shape index (κ2) is 19.2. The minimum Gasteiger partial charge on any atom is -0.393 e. The van der Waals surface area contributed by atoms with Gasteiger partial charge in [0.2, 0.25) is 0 Å². The van der Waals surface area contributed by atoms with E-state index in [1.165, 1.54) is 0 Å². The summed E-state index contributed by atoms with van der Waals surface area (Å²) >= 11 is 0. The van der Waals surface area contributed by atoms with E-state index in [4.69, 9.17) is 0 Å². The van der Waals surface area contributed by atoms with Gasteiger partial charge in [0.15, 0.2) is 0 Å². The standard InChI is InChI=1S/2C8H14O3.Zr/c2*1-3-5-7(9)11-8(10)6-4-2;/h2*3-6H2,1-2H3;. The van der Waals surface area contributed by atoms with Crippen LogP contribution in [0.3, 0.4) is 0 Å². The number of rotatable bonds is 8. The van der Waals surface area contributed by atoms with E-state index in [0.717, 1.165) is 25.7 Å². The number of esters is 4. The van der Waals surface area contributed by atoms with E-state index >= 15 is 0 Å². The van der Waals surface area contributed by atoms with E-state index in [1.54, 1.807) is 0 Å². The van der Waals surface area contributed by atoms with Gasteiger partial charge in [-0.05, 0) is 25.7 Å². The molecule has 0 amide bonds. The summed E-state index contributed by atoms with van der Waals surface area (Å²) in [4.78, 5) is 42.7. The van der Waals surface area contributed by atoms with E-state index in [9.17, 15) is 19.2 Å². The summed E-state index contributed by atoms with van der Waals surface area (Å²) in [6.07, 6.45) is 4.20. The second-order valence-corrected chi connectivity index (χ2v) is 4.69. The van der Waals surface area contributed by atoms with Crippen molar-refractivity contribution in [1.29, 1.82) is 0 Å². The molecular weight excluding hydrogens is 379 g/mol. The average molecular weight is 408 g/mol. The Hall–Kier alpha value is -0.837. The largest absolute Gasteiger partial charge is 0.393 e. The van der Waals surface area contributed by atoms with Crippen LogP contribution in [-0.4, -0.2) is 23.9 Å². The zero-order valence-corrected chi connectivity index (χ0v) is 17.1. The average Bonchev–Trinajstić information content (AvgIpc) is 2.40. The summed E-state index contributed by atoms with van der Waals surface area (Å²) in [5, 5.41) is 0. The first-order valence-corrected chi connectivity index (χ1v) is 7.88. The van der Waals surface area contributed by atoms with Gasteiger partial charge in [0, 0.05) is 51.9 Å². The van der Waals surface area contributed by atoms with E-state index in [1.807, 2.05) is 27.7 Å². The number of hydrogen-bond donors (Lipinski definition) is 0. The minimum atomic E-state index is -0.411. The Bertz CT molecular complexity index is 288. The molecule has 0 aromatic rings. The first-order chi connectivity index (χ1) is 10.4. The van der Waals surface area contributed by atoms with Gasteiger partial charge in [-0.25, -0.2) is 0 Å². The van der Waals surface area contributed by atoms with Crippen LogP contribution in [0.5, 0.6) is 0 Å². The smallest absolute Gasteiger partial charge is 0.313 e. The van der Waals surface area contributed by atoms with Gasteiger partial charge in [-0.3, -0.25) is 19.2 Å². The first-order valence-electron chi connectivity index (χ1n) is 7.88. The molecule has 0 fully saturated rings. The zero-order valence-electron chi connectivity index (χ0n) is 14.6. The molecule has 0 aliphatic rings. The Morgan fingerprint density at radius 1 is 0.522 bits per heavy atom. The van der Waals surface area contributed by atoms with Crippen molar-refractivity contribution in [3.05, 3.63) is 0 Å². The number of carbonyl (C=O) groups is 4. The van der Waals surface area contributed by atoms with Gasteiger partial charge in [0.1, 0.15) is 0 Å². The third-order valence-electron chi connectivity index (χ3n) is 2.27. The molecule has 0 spiro atoms. The molecule has 0 atom stereocenters. The molecule has 0 radical (unpaired) electrons. The van der Waals surface area contributed by atoms with Gasteiger partial charge < -0.3 is 9.47 Å². The summed E-state index contributed by atoms with van der Waals surface area (Å²) < 4.78 is 8.91. The summed E-state index contributed by atoms with van der Waals surface area (Å²) in [6.45, 7) is 7.47. The molecule has 0 N–H and O–H groups in total. The molecule has 0 aromatic carbocycles. The molecule has 0 heterocycles. The Balaban J connectivity index is -0.000000333. The summed E-state index contributed by atoms with van der Waals surface area (Å²) in [5.41, 5.74) is 0. The van der Waals surface area contributed by atoms with Crippen LogP contribution >= 0.6 is 0 Å². The van der Waals surface area contributed by atoms with Crippen LogP contribution in [0.1, 0.15) is 79.1 Å². The maximum absolute atomic E-state index is 10.7. The predicted octanol–water partition coefficient (Wildman–Crippen LogP) is 3.31. The molecular formula is C16H28O6Zr. The maximum atomic E-state index is 10.7. The Morgan fingerprint density at radius 3 is 0.826 bits per heavy atom. The Labute approximate surface area is 157 Å². The van der Waals surface area contributed by atoms with Gasteiger partial charge in [-0.1, -0.05) is 27.7 Å². The van der Waals surface area contributed by atoms with Gasteiger partial charge in [-0.2, -0.15) is 0 Å². The van der Waals surface area contributed by atoms with E-state index < -0.39 is 23.9 Å². The molecule has 0 saturated carbocycles. The van der Waals surface area contributed by atoms with Crippen LogP contribution < -0.4 is 0 Å². The van der Waals surface area contributed by atoms with Crippen molar-refractivity contribution in [2.24, 2.45) is 0 Å². The number of hydrogen-bond acceptors (Lipinski definition) is 6. The Morgan fingerprint density at radius 2 is 0.696 bits per heavy atom. The van der Waals surface area contributed by atoms with E-state index in [-0.39, 0.29) is 26.2 Å². The fourth-order valence-electron chi connectivity index (χ4n) is 1.27. The molecule has 0 aliphatic heterocycles. The monoisotopic (exact) mass is 406 g/mol. The minimum absolute atomic E-state index is 0. The molecule has 132 valence electrons. The SMILES string of the molecule is CCCC(=O)OC(=O)CCC.CCCC(=O)OC(=O)CCC.[Zr]. The van der Waals surface area contributed by atoms with Crippen molar-refractivity contribution >= 4 is 23.9 Å². The van der Waals surface area contributed by atoms with Crippen LogP contribution in [0.4, 0.5) is 0 Å². The summed E-state index contributed by atoms with van der Waals surface area (Å²) in [6, 6.07) is 0. The quantitative estimate of drug-likeness (QED) is 0.453. The van der Waals surface area contributed by atoms with Crippen molar-refractivity contribution in [2.45, 2.75) is 79.1 Å². The third kappa shape index (κ3) is 21.2. The third-order valence-corrected chi connectivity index (χ3v) is 2.27. The van der Waals surface area contributed by atoms with Crippen molar-refractivity contribution < 1.29 is 54.9 Å². The van der Waals surface area contributed by atoms with Crippen molar-refractivity contribution in [1.82, 2.24) is 0 Å². The van der Waals surface area contributed by atoms with E-state index in [0.29, 0.717) is 25.7 Å². The first kappa shape index (κ1) is 27.0. The van der Waals surface area contributed by atoms with Gasteiger partial charge in [0.05, 0.1) is 0 Å². The number of carbonyl (C=O) groups excluding carboxylic acids is 4. The molecule has 23 heavy (non-hydrogen) atoms. The van der Waals surface area contributed by atoms with Crippen molar-refractivity contribution in [2.75, 3.05) is 0 Å². The molecule has 0 saturated heterocycles. The fourth-order valence-corrected chi connectivity index (χ4v) is 1.27. The van der Waals surface area contributed by atoms with Crippen LogP contribution in [0.25, 0.3) is 0 Å². The van der Waals surface area contributed by atoms with Crippen molar-refractivity contribution in [3.63, 3.8) is 0 Å². The van der Waals surface area contributed by atoms with Crippen LogP contribution in [0.2, 0.25) is 0 Å². The van der Waals surface area contributed by atoms with Crippen LogP contribution in [0.15, 0.2) is 0 Å². The topological polar surface area (TPSA) is 86.7 Å². The summed E-state index contributed by atoms with van der Waals surface area (Å²) in [5.74, 6) is -1.64. The van der Waals surface area contributed by atoms with Gasteiger partial charge >= 0.3 is 23.9 Å². The van der Waals surface area contributed by atoms with E-state index in [2.05, 4.69) is 9.47 Å². The molecule has 0 aliphatic carbocycles. The second-order valence-electron chi connectivity index (χ2n) is 4.69. The van der Waals surface area contributed by atoms with Gasteiger partial charge in [-0.15, -0.1) is 0 Å². The predicted molar refractivity (Wildman–Crippen MR) is 81.8 cm³/mol. The zero-order chi connectivity index (χ0) is 17.4. The maximum Gasteiger partial charge on any atom is 0.313 e. The van der Waals surface area contributed by atoms with Crippen molar-refractivity contribution in [3.8, 4) is 0 Å². The molecule has 0 bridgehead atoms. The Kier molecular flexibility index (Phi) is 22.6. The molecule has 6 nitrogen and oxygen atoms in total.